The first kappa shape index (κ1) is 17.1. The predicted octanol–water partition coefficient (Wildman–Crippen LogP) is 3.28. The molecule has 0 spiro atoms. The lowest BCUT2D eigenvalue weighted by molar-refractivity contribution is 0.107. The van der Waals surface area contributed by atoms with Crippen LogP contribution in [0, 0.1) is 6.92 Å². The van der Waals surface area contributed by atoms with E-state index in [1.807, 2.05) is 44.2 Å². The van der Waals surface area contributed by atoms with E-state index >= 15 is 0 Å². The summed E-state index contributed by atoms with van der Waals surface area (Å²) in [7, 11) is -1.90. The summed E-state index contributed by atoms with van der Waals surface area (Å²) in [6, 6.07) is 11.3. The number of thiophene rings is 1. The number of nitrogens with one attached hydrogen (secondary N) is 1. The number of aryl methyl sites for hydroxylation is 2. The second-order valence-electron chi connectivity index (χ2n) is 5.01. The first-order valence-electron chi connectivity index (χ1n) is 7.14. The highest BCUT2D eigenvalue weighted by atomic mass is 32.2. The molecule has 0 aliphatic heterocycles. The fourth-order valence-electron chi connectivity index (χ4n) is 2.22. The summed E-state index contributed by atoms with van der Waals surface area (Å²) in [6.07, 6.45) is 0.533. The summed E-state index contributed by atoms with van der Waals surface area (Å²) in [4.78, 5) is 1.06. The van der Waals surface area contributed by atoms with Crippen molar-refractivity contribution in [2.24, 2.45) is 0 Å². The Hall–Kier alpha value is -1.21. The highest BCUT2D eigenvalue weighted by Crippen LogP contribution is 2.23. The van der Waals surface area contributed by atoms with Gasteiger partial charge in [-0.2, -0.15) is 0 Å². The van der Waals surface area contributed by atoms with Crippen molar-refractivity contribution in [2.75, 3.05) is 13.7 Å². The molecular weight excluding hydrogens is 318 g/mol. The number of methoxy groups -OCH3 is 1. The Bertz CT molecular complexity index is 722. The molecule has 2 aromatic rings. The summed E-state index contributed by atoms with van der Waals surface area (Å²) < 4.78 is 33.1. The van der Waals surface area contributed by atoms with Crippen molar-refractivity contribution < 1.29 is 13.2 Å². The van der Waals surface area contributed by atoms with E-state index in [4.69, 9.17) is 4.74 Å². The molecule has 1 aromatic heterocycles. The molecule has 1 atom stereocenters. The van der Waals surface area contributed by atoms with Gasteiger partial charge in [0.05, 0.1) is 6.10 Å². The van der Waals surface area contributed by atoms with Gasteiger partial charge >= 0.3 is 0 Å². The van der Waals surface area contributed by atoms with Crippen LogP contribution in [0.3, 0.4) is 0 Å². The monoisotopic (exact) mass is 339 g/mol. The number of sulfonamides is 1. The number of rotatable bonds is 7. The average Bonchev–Trinajstić information content (AvgIpc) is 2.99. The van der Waals surface area contributed by atoms with E-state index in [2.05, 4.69) is 4.72 Å². The Kier molecular flexibility index (Phi) is 5.74. The molecule has 1 N–H and O–H groups in total. The molecule has 0 amide bonds. The van der Waals surface area contributed by atoms with Gasteiger partial charge in [0.15, 0.2) is 0 Å². The third-order valence-electron chi connectivity index (χ3n) is 3.53. The zero-order valence-electron chi connectivity index (χ0n) is 13.0. The lowest BCUT2D eigenvalue weighted by Crippen LogP contribution is -2.29. The number of hydrogen-bond acceptors (Lipinski definition) is 4. The first-order valence-corrected chi connectivity index (χ1v) is 9.44. The topological polar surface area (TPSA) is 55.4 Å². The summed E-state index contributed by atoms with van der Waals surface area (Å²) in [5, 5.41) is 0. The third-order valence-corrected chi connectivity index (χ3v) is 6.67. The Labute approximate surface area is 136 Å². The zero-order chi connectivity index (χ0) is 16.2. The quantitative estimate of drug-likeness (QED) is 0.842. The molecule has 0 fully saturated rings. The molecule has 0 radical (unpaired) electrons. The molecule has 0 aliphatic carbocycles. The van der Waals surface area contributed by atoms with Gasteiger partial charge in [0, 0.05) is 18.5 Å². The van der Waals surface area contributed by atoms with Crippen LogP contribution in [0.25, 0.3) is 0 Å². The number of hydrogen-bond donors (Lipinski definition) is 1. The van der Waals surface area contributed by atoms with Crippen LogP contribution in [-0.2, 0) is 21.2 Å². The van der Waals surface area contributed by atoms with Crippen LogP contribution < -0.4 is 4.72 Å². The van der Waals surface area contributed by atoms with Gasteiger partial charge < -0.3 is 4.74 Å². The van der Waals surface area contributed by atoms with E-state index in [-0.39, 0.29) is 12.6 Å². The molecule has 1 aromatic carbocycles. The Morgan fingerprint density at radius 3 is 2.55 bits per heavy atom. The predicted molar refractivity (Wildman–Crippen MR) is 89.8 cm³/mol. The molecule has 0 bridgehead atoms. The van der Waals surface area contributed by atoms with E-state index in [0.29, 0.717) is 4.21 Å². The van der Waals surface area contributed by atoms with Crippen LogP contribution in [-0.4, -0.2) is 22.1 Å². The van der Waals surface area contributed by atoms with Gasteiger partial charge in [0.1, 0.15) is 4.21 Å². The second kappa shape index (κ2) is 7.37. The molecule has 2 rings (SSSR count). The van der Waals surface area contributed by atoms with Gasteiger partial charge in [-0.1, -0.05) is 31.2 Å². The smallest absolute Gasteiger partial charge is 0.250 e. The van der Waals surface area contributed by atoms with E-state index in [0.717, 1.165) is 22.4 Å². The fourth-order valence-corrected chi connectivity index (χ4v) is 4.59. The molecule has 0 aliphatic rings. The molecule has 0 saturated carbocycles. The van der Waals surface area contributed by atoms with Crippen LogP contribution in [0.1, 0.15) is 29.0 Å². The van der Waals surface area contributed by atoms with Gasteiger partial charge in [-0.15, -0.1) is 11.3 Å². The van der Waals surface area contributed by atoms with Crippen LogP contribution in [0.2, 0.25) is 0 Å². The van der Waals surface area contributed by atoms with Crippen molar-refractivity contribution in [1.29, 1.82) is 0 Å². The van der Waals surface area contributed by atoms with E-state index in [1.165, 1.54) is 11.3 Å². The Morgan fingerprint density at radius 1 is 1.23 bits per heavy atom. The van der Waals surface area contributed by atoms with Gasteiger partial charge in [-0.05, 0) is 36.6 Å². The maximum absolute atomic E-state index is 12.3. The van der Waals surface area contributed by atoms with Crippen molar-refractivity contribution in [2.45, 2.75) is 30.6 Å². The minimum Gasteiger partial charge on any atom is -0.375 e. The van der Waals surface area contributed by atoms with Crippen LogP contribution >= 0.6 is 11.3 Å². The van der Waals surface area contributed by atoms with Crippen LogP contribution in [0.15, 0.2) is 40.6 Å². The van der Waals surface area contributed by atoms with Crippen molar-refractivity contribution in [1.82, 2.24) is 4.72 Å². The van der Waals surface area contributed by atoms with Gasteiger partial charge in [-0.25, -0.2) is 13.1 Å². The summed E-state index contributed by atoms with van der Waals surface area (Å²) >= 11 is 1.31. The molecule has 1 unspecified atom stereocenters. The third kappa shape index (κ3) is 3.95. The molecule has 4 nitrogen and oxygen atoms in total. The largest absolute Gasteiger partial charge is 0.375 e. The van der Waals surface area contributed by atoms with Crippen molar-refractivity contribution in [3.63, 3.8) is 0 Å². The minimum absolute atomic E-state index is 0.211. The number of benzene rings is 1. The highest BCUT2D eigenvalue weighted by Gasteiger charge is 2.20. The maximum Gasteiger partial charge on any atom is 0.250 e. The molecule has 6 heteroatoms. The maximum atomic E-state index is 12.3. The highest BCUT2D eigenvalue weighted by molar-refractivity contribution is 7.91. The molecule has 22 heavy (non-hydrogen) atoms. The lowest BCUT2D eigenvalue weighted by atomic mass is 10.0. The normalized spacial score (nSPS) is 13.2. The number of ether oxygens (including phenoxy) is 1. The average molecular weight is 339 g/mol. The van der Waals surface area contributed by atoms with E-state index in [1.54, 1.807) is 13.2 Å². The SMILES string of the molecule is CCc1ccc(S(=O)(=O)NCC(OC)c2ccccc2C)s1. The van der Waals surface area contributed by atoms with E-state index < -0.39 is 10.0 Å². The summed E-state index contributed by atoms with van der Waals surface area (Å²) in [5.74, 6) is 0. The van der Waals surface area contributed by atoms with Crippen LogP contribution in [0.5, 0.6) is 0 Å². The fraction of sp³-hybridized carbons (Fsp3) is 0.375. The van der Waals surface area contributed by atoms with Gasteiger partial charge in [0.25, 0.3) is 0 Å². The molecule has 1 heterocycles. The van der Waals surface area contributed by atoms with Crippen LogP contribution in [0.4, 0.5) is 0 Å². The molecule has 0 saturated heterocycles. The van der Waals surface area contributed by atoms with Gasteiger partial charge in [0.2, 0.25) is 10.0 Å². The Morgan fingerprint density at radius 2 is 1.95 bits per heavy atom. The van der Waals surface area contributed by atoms with Gasteiger partial charge in [-0.3, -0.25) is 0 Å². The Balaban J connectivity index is 2.11. The lowest BCUT2D eigenvalue weighted by Gasteiger charge is -2.18. The summed E-state index contributed by atoms with van der Waals surface area (Å²) in [5.41, 5.74) is 2.08. The van der Waals surface area contributed by atoms with Crippen molar-refractivity contribution in [3.8, 4) is 0 Å². The second-order valence-corrected chi connectivity index (χ2v) is 8.17. The van der Waals surface area contributed by atoms with Crippen molar-refractivity contribution in [3.05, 3.63) is 52.4 Å². The minimum atomic E-state index is -3.49. The standard InChI is InChI=1S/C16H21NO3S2/c1-4-13-9-10-16(21-13)22(18,19)17-11-15(20-3)14-8-6-5-7-12(14)2/h5-10,15,17H,4,11H2,1-3H3. The summed E-state index contributed by atoms with van der Waals surface area (Å²) in [6.45, 7) is 4.21. The molecular formula is C16H21NO3S2. The molecule has 120 valence electrons. The first-order chi connectivity index (χ1) is 10.5. The van der Waals surface area contributed by atoms with Crippen molar-refractivity contribution >= 4 is 21.4 Å². The zero-order valence-corrected chi connectivity index (χ0v) is 14.6. The van der Waals surface area contributed by atoms with E-state index in [9.17, 15) is 8.42 Å².